The van der Waals surface area contributed by atoms with Crippen molar-refractivity contribution in [2.24, 2.45) is 5.11 Å². The number of benzene rings is 1. The van der Waals surface area contributed by atoms with E-state index in [0.717, 1.165) is 0 Å². The molecule has 0 aromatic heterocycles. The Morgan fingerprint density at radius 1 is 1.31 bits per heavy atom. The lowest BCUT2D eigenvalue weighted by atomic mass is 10.3. The van der Waals surface area contributed by atoms with Gasteiger partial charge in [0.15, 0.2) is 0 Å². The smallest absolute Gasteiger partial charge is 0.309 e. The molecule has 1 aromatic rings. The van der Waals surface area contributed by atoms with Crippen LogP contribution in [0.3, 0.4) is 0 Å². The molecule has 1 rings (SSSR count). The number of rotatable bonds is 6. The molecule has 0 aliphatic rings. The highest BCUT2D eigenvalue weighted by atomic mass is 32.2. The van der Waals surface area contributed by atoms with E-state index in [-0.39, 0.29) is 24.5 Å². The maximum absolute atomic E-state index is 11.4. The molecule has 86 valence electrons. The summed E-state index contributed by atoms with van der Waals surface area (Å²) in [4.78, 5) is 2.53. The van der Waals surface area contributed by atoms with Crippen LogP contribution in [-0.2, 0) is 10.1 Å². The molecule has 0 aliphatic carbocycles. The fourth-order valence-corrected chi connectivity index (χ4v) is 1.99. The van der Waals surface area contributed by atoms with Crippen molar-refractivity contribution >= 4 is 10.1 Å². The Kier molecular flexibility index (Phi) is 4.63. The fourth-order valence-electron chi connectivity index (χ4n) is 1.02. The molecule has 0 saturated heterocycles. The van der Waals surface area contributed by atoms with E-state index < -0.39 is 10.1 Å². The second kappa shape index (κ2) is 5.99. The molecule has 0 spiro atoms. The highest BCUT2D eigenvalue weighted by molar-refractivity contribution is 7.87. The molecular weight excluding hydrogens is 230 g/mol. The van der Waals surface area contributed by atoms with Crippen molar-refractivity contribution in [3.63, 3.8) is 0 Å². The van der Waals surface area contributed by atoms with Gasteiger partial charge in [-0.15, -0.1) is 0 Å². The summed E-state index contributed by atoms with van der Waals surface area (Å²) in [5.74, 6) is 0.118. The molecule has 0 amide bonds. The Morgan fingerprint density at radius 2 is 2.00 bits per heavy atom. The standard InChI is InChI=1S/C9H11N3O3S/c10-12-11-7-4-8-16(13,14)15-9-5-2-1-3-6-9/h1-3,5-6H,4,7-8H2. The second-order valence-corrected chi connectivity index (χ2v) is 4.66. The van der Waals surface area contributed by atoms with Crippen LogP contribution >= 0.6 is 0 Å². The van der Waals surface area contributed by atoms with Gasteiger partial charge >= 0.3 is 10.1 Å². The van der Waals surface area contributed by atoms with Gasteiger partial charge in [0, 0.05) is 11.5 Å². The van der Waals surface area contributed by atoms with Crippen LogP contribution in [0.2, 0.25) is 0 Å². The summed E-state index contributed by atoms with van der Waals surface area (Å²) in [5, 5.41) is 3.24. The van der Waals surface area contributed by atoms with E-state index in [1.807, 2.05) is 0 Å². The van der Waals surface area contributed by atoms with Gasteiger partial charge in [0.2, 0.25) is 0 Å². The van der Waals surface area contributed by atoms with Crippen LogP contribution in [0.4, 0.5) is 0 Å². The lowest BCUT2D eigenvalue weighted by molar-refractivity contribution is 0.484. The number of nitrogens with zero attached hydrogens (tertiary/aromatic N) is 3. The van der Waals surface area contributed by atoms with Crippen molar-refractivity contribution in [2.75, 3.05) is 12.3 Å². The maximum atomic E-state index is 11.4. The van der Waals surface area contributed by atoms with Crippen LogP contribution in [0.5, 0.6) is 5.75 Å². The fraction of sp³-hybridized carbons (Fsp3) is 0.333. The average molecular weight is 241 g/mol. The number of hydrogen-bond acceptors (Lipinski definition) is 4. The van der Waals surface area contributed by atoms with Crippen molar-refractivity contribution in [1.29, 1.82) is 0 Å². The Morgan fingerprint density at radius 3 is 2.62 bits per heavy atom. The zero-order chi connectivity index (χ0) is 11.9. The third-order valence-corrected chi connectivity index (χ3v) is 2.92. The van der Waals surface area contributed by atoms with Gasteiger partial charge in [-0.1, -0.05) is 23.3 Å². The molecule has 0 N–H and O–H groups in total. The molecular formula is C9H11N3O3S. The van der Waals surface area contributed by atoms with Gasteiger partial charge in [-0.25, -0.2) is 0 Å². The van der Waals surface area contributed by atoms with Crippen LogP contribution in [0.15, 0.2) is 35.4 Å². The highest BCUT2D eigenvalue weighted by Gasteiger charge is 2.11. The predicted molar refractivity (Wildman–Crippen MR) is 59.5 cm³/mol. The van der Waals surface area contributed by atoms with Crippen molar-refractivity contribution in [3.8, 4) is 5.75 Å². The van der Waals surface area contributed by atoms with E-state index in [0.29, 0.717) is 0 Å². The Balaban J connectivity index is 2.49. The molecule has 0 radical (unpaired) electrons. The monoisotopic (exact) mass is 241 g/mol. The molecule has 0 unspecified atom stereocenters. The first kappa shape index (κ1) is 12.4. The molecule has 0 fully saturated rings. The van der Waals surface area contributed by atoms with E-state index in [9.17, 15) is 8.42 Å². The average Bonchev–Trinajstić information content (AvgIpc) is 2.25. The molecule has 0 aliphatic heterocycles. The van der Waals surface area contributed by atoms with Crippen LogP contribution in [0.1, 0.15) is 6.42 Å². The van der Waals surface area contributed by atoms with Crippen molar-refractivity contribution < 1.29 is 12.6 Å². The van der Waals surface area contributed by atoms with E-state index in [2.05, 4.69) is 10.0 Å². The zero-order valence-corrected chi connectivity index (χ0v) is 9.30. The predicted octanol–water partition coefficient (Wildman–Crippen LogP) is 2.10. The molecule has 7 heteroatoms. The van der Waals surface area contributed by atoms with Crippen LogP contribution in [0, 0.1) is 0 Å². The summed E-state index contributed by atoms with van der Waals surface area (Å²) in [6.07, 6.45) is 0.249. The van der Waals surface area contributed by atoms with Gasteiger partial charge in [0.25, 0.3) is 0 Å². The summed E-state index contributed by atoms with van der Waals surface area (Å²) in [6.45, 7) is 0.147. The van der Waals surface area contributed by atoms with Gasteiger partial charge in [-0.3, -0.25) is 0 Å². The summed E-state index contributed by atoms with van der Waals surface area (Å²) < 4.78 is 27.6. The first-order valence-electron chi connectivity index (χ1n) is 4.62. The van der Waals surface area contributed by atoms with Gasteiger partial charge < -0.3 is 4.18 Å². The van der Waals surface area contributed by atoms with Gasteiger partial charge in [-0.2, -0.15) is 8.42 Å². The highest BCUT2D eigenvalue weighted by Crippen LogP contribution is 2.12. The van der Waals surface area contributed by atoms with E-state index in [1.165, 1.54) is 0 Å². The molecule has 1 aromatic carbocycles. The van der Waals surface area contributed by atoms with Gasteiger partial charge in [-0.05, 0) is 24.1 Å². The molecule has 16 heavy (non-hydrogen) atoms. The molecule has 0 atom stereocenters. The molecule has 6 nitrogen and oxygen atoms in total. The first-order chi connectivity index (χ1) is 7.64. The zero-order valence-electron chi connectivity index (χ0n) is 8.48. The number of hydrogen-bond donors (Lipinski definition) is 0. The Labute approximate surface area is 93.6 Å². The molecule has 0 heterocycles. The third-order valence-electron chi connectivity index (χ3n) is 1.68. The summed E-state index contributed by atoms with van der Waals surface area (Å²) in [6, 6.07) is 8.26. The van der Waals surface area contributed by atoms with Crippen molar-refractivity contribution in [1.82, 2.24) is 0 Å². The topological polar surface area (TPSA) is 92.1 Å². The van der Waals surface area contributed by atoms with E-state index in [4.69, 9.17) is 9.71 Å². The maximum Gasteiger partial charge on any atom is 0.309 e. The molecule has 0 saturated carbocycles. The number of para-hydroxylation sites is 1. The number of azide groups is 1. The quantitative estimate of drug-likeness (QED) is 0.251. The summed E-state index contributed by atoms with van der Waals surface area (Å²) in [5.41, 5.74) is 8.01. The molecule has 0 bridgehead atoms. The SMILES string of the molecule is [N-]=[N+]=NCCCS(=O)(=O)Oc1ccccc1. The van der Waals surface area contributed by atoms with Crippen LogP contribution in [-0.4, -0.2) is 20.7 Å². The largest absolute Gasteiger partial charge is 0.382 e. The lowest BCUT2D eigenvalue weighted by Crippen LogP contribution is -2.14. The first-order valence-corrected chi connectivity index (χ1v) is 6.20. The van der Waals surface area contributed by atoms with E-state index in [1.54, 1.807) is 30.3 Å². The Hall–Kier alpha value is -1.72. The van der Waals surface area contributed by atoms with Gasteiger partial charge in [0.1, 0.15) is 5.75 Å². The Bertz CT molecular complexity index is 466. The summed E-state index contributed by atoms with van der Waals surface area (Å²) >= 11 is 0. The minimum absolute atomic E-state index is 0.147. The van der Waals surface area contributed by atoms with E-state index >= 15 is 0 Å². The van der Waals surface area contributed by atoms with Crippen molar-refractivity contribution in [2.45, 2.75) is 6.42 Å². The lowest BCUT2D eigenvalue weighted by Gasteiger charge is -2.05. The van der Waals surface area contributed by atoms with Crippen LogP contribution in [0.25, 0.3) is 10.4 Å². The minimum atomic E-state index is -3.60. The normalized spacial score (nSPS) is 10.5. The van der Waals surface area contributed by atoms with Crippen molar-refractivity contribution in [3.05, 3.63) is 40.8 Å². The summed E-state index contributed by atoms with van der Waals surface area (Å²) in [7, 11) is -3.60. The second-order valence-electron chi connectivity index (χ2n) is 2.97. The van der Waals surface area contributed by atoms with Gasteiger partial charge in [0.05, 0.1) is 5.75 Å². The third kappa shape index (κ3) is 4.68. The minimum Gasteiger partial charge on any atom is -0.382 e. The van der Waals surface area contributed by atoms with Crippen LogP contribution < -0.4 is 4.18 Å².